The molecule has 0 bridgehead atoms. The first-order valence-corrected chi connectivity index (χ1v) is 11.5. The Morgan fingerprint density at radius 1 is 1.25 bits per heavy atom. The lowest BCUT2D eigenvalue weighted by molar-refractivity contribution is 0.0513. The second-order valence-corrected chi connectivity index (χ2v) is 9.61. The van der Waals surface area contributed by atoms with Crippen LogP contribution in [0.4, 0.5) is 8.78 Å². The third kappa shape index (κ3) is 3.37. The molecule has 2 N–H and O–H groups in total. The summed E-state index contributed by atoms with van der Waals surface area (Å²) in [6.07, 6.45) is 4.32. The molecule has 2 aromatic rings. The number of hydrogen-bond donors (Lipinski definition) is 2. The average molecular weight is 461 g/mol. The molecule has 0 radical (unpaired) electrons. The number of aromatic hydroxyl groups is 1. The van der Waals surface area contributed by atoms with Gasteiger partial charge in [0, 0.05) is 36.2 Å². The number of halogens is 2. The molecule has 3 atom stereocenters. The minimum absolute atomic E-state index is 0.0533. The second-order valence-electron chi connectivity index (χ2n) is 8.40. The summed E-state index contributed by atoms with van der Waals surface area (Å²) in [5, 5.41) is 12.9. The molecule has 0 spiro atoms. The monoisotopic (exact) mass is 461 g/mol. The predicted octanol–water partition coefficient (Wildman–Crippen LogP) is 2.46. The lowest BCUT2D eigenvalue weighted by Gasteiger charge is -2.46. The van der Waals surface area contributed by atoms with Crippen molar-refractivity contribution in [1.82, 2.24) is 14.8 Å². The molecule has 1 aromatic carbocycles. The molecule has 2 aliphatic heterocycles. The molecule has 10 heteroatoms. The highest BCUT2D eigenvalue weighted by molar-refractivity contribution is 7.99. The SMILES string of the molecule is O=C(NCc1ccc(F)cc1F)c1cn2c(c(O)c1=O)C(=O)N1C(C2)SC[C@@H]2CCC[C@@H]21. The molecule has 1 aliphatic carbocycles. The van der Waals surface area contributed by atoms with Gasteiger partial charge in [0.25, 0.3) is 11.8 Å². The van der Waals surface area contributed by atoms with E-state index in [2.05, 4.69) is 5.32 Å². The minimum Gasteiger partial charge on any atom is -0.503 e. The summed E-state index contributed by atoms with van der Waals surface area (Å²) in [6, 6.07) is 3.09. The van der Waals surface area contributed by atoms with E-state index in [1.54, 1.807) is 16.7 Å². The Labute approximate surface area is 186 Å². The molecule has 2 amide bonds. The molecule has 1 aromatic heterocycles. The maximum Gasteiger partial charge on any atom is 0.275 e. The van der Waals surface area contributed by atoms with Gasteiger partial charge in [-0.2, -0.15) is 0 Å². The van der Waals surface area contributed by atoms with Gasteiger partial charge in [-0.1, -0.05) is 12.5 Å². The van der Waals surface area contributed by atoms with Crippen molar-refractivity contribution in [2.45, 2.75) is 43.8 Å². The molecule has 3 heterocycles. The van der Waals surface area contributed by atoms with Crippen molar-refractivity contribution in [3.8, 4) is 5.75 Å². The van der Waals surface area contributed by atoms with Crippen LogP contribution in [0.25, 0.3) is 0 Å². The molecule has 1 saturated heterocycles. The summed E-state index contributed by atoms with van der Waals surface area (Å²) in [5.74, 6) is -2.13. The lowest BCUT2D eigenvalue weighted by atomic mass is 10.0. The highest BCUT2D eigenvalue weighted by atomic mass is 32.2. The Bertz CT molecular complexity index is 1180. The van der Waals surface area contributed by atoms with Crippen molar-refractivity contribution in [2.24, 2.45) is 5.92 Å². The van der Waals surface area contributed by atoms with Crippen molar-refractivity contribution in [3.63, 3.8) is 0 Å². The number of benzene rings is 1. The Morgan fingerprint density at radius 2 is 2.06 bits per heavy atom. The van der Waals surface area contributed by atoms with E-state index >= 15 is 0 Å². The molecule has 168 valence electrons. The zero-order valence-corrected chi connectivity index (χ0v) is 17.8. The van der Waals surface area contributed by atoms with E-state index in [9.17, 15) is 28.3 Å². The normalized spacial score (nSPS) is 24.0. The van der Waals surface area contributed by atoms with Gasteiger partial charge < -0.3 is 19.9 Å². The Kier molecular flexibility index (Phi) is 5.19. The standard InChI is InChI=1S/C22H21F2N3O4S/c23-13-5-4-11(15(24)6-13)7-25-21(30)14-8-26-9-17-27(16-3-1-2-12(16)10-32-17)22(31)18(26)20(29)19(14)28/h4-6,8,12,16-17,29H,1-3,7,9-10H2,(H,25,30)/t12-,16-,17?/m0/s1. The number of pyridine rings is 1. The van der Waals surface area contributed by atoms with Gasteiger partial charge in [-0.05, 0) is 24.8 Å². The number of nitrogens with one attached hydrogen (secondary N) is 1. The van der Waals surface area contributed by atoms with Crippen LogP contribution in [-0.2, 0) is 13.1 Å². The van der Waals surface area contributed by atoms with Crippen LogP contribution in [0.5, 0.6) is 5.75 Å². The number of hydrogen-bond acceptors (Lipinski definition) is 5. The highest BCUT2D eigenvalue weighted by Gasteiger charge is 2.47. The van der Waals surface area contributed by atoms with Gasteiger partial charge >= 0.3 is 0 Å². The van der Waals surface area contributed by atoms with Crippen molar-refractivity contribution >= 4 is 23.6 Å². The summed E-state index contributed by atoms with van der Waals surface area (Å²) >= 11 is 1.68. The summed E-state index contributed by atoms with van der Waals surface area (Å²) in [6.45, 7) is 0.0941. The van der Waals surface area contributed by atoms with Crippen LogP contribution in [0.3, 0.4) is 0 Å². The largest absolute Gasteiger partial charge is 0.503 e. The van der Waals surface area contributed by atoms with E-state index in [-0.39, 0.29) is 40.7 Å². The van der Waals surface area contributed by atoms with Gasteiger partial charge in [-0.15, -0.1) is 11.8 Å². The molecule has 2 fully saturated rings. The molecule has 32 heavy (non-hydrogen) atoms. The van der Waals surface area contributed by atoms with E-state index < -0.39 is 28.7 Å². The van der Waals surface area contributed by atoms with Crippen molar-refractivity contribution in [1.29, 1.82) is 0 Å². The van der Waals surface area contributed by atoms with E-state index in [1.165, 1.54) is 16.8 Å². The zero-order chi connectivity index (χ0) is 22.6. The smallest absolute Gasteiger partial charge is 0.275 e. The van der Waals surface area contributed by atoms with Gasteiger partial charge in [0.2, 0.25) is 5.43 Å². The molecular formula is C22H21F2N3O4S. The van der Waals surface area contributed by atoms with E-state index in [0.29, 0.717) is 18.5 Å². The topological polar surface area (TPSA) is 91.6 Å². The van der Waals surface area contributed by atoms with Crippen molar-refractivity contribution in [3.05, 3.63) is 63.1 Å². The van der Waals surface area contributed by atoms with Gasteiger partial charge in [0.15, 0.2) is 11.4 Å². The Hall–Kier alpha value is -2.88. The zero-order valence-electron chi connectivity index (χ0n) is 17.0. The quantitative estimate of drug-likeness (QED) is 0.733. The van der Waals surface area contributed by atoms with E-state index in [1.807, 2.05) is 0 Å². The number of nitrogens with zero attached hydrogens (tertiary/aromatic N) is 2. The summed E-state index contributed by atoms with van der Waals surface area (Å²) in [5.41, 5.74) is -1.33. The second kappa shape index (κ2) is 7.91. The molecular weight excluding hydrogens is 440 g/mol. The summed E-state index contributed by atoms with van der Waals surface area (Å²) in [7, 11) is 0. The fourth-order valence-electron chi connectivity index (χ4n) is 4.93. The predicted molar refractivity (Wildman–Crippen MR) is 113 cm³/mol. The lowest BCUT2D eigenvalue weighted by Crippen LogP contribution is -2.56. The molecule has 3 aliphatic rings. The fraction of sp³-hybridized carbons (Fsp3) is 0.409. The number of carbonyl (C=O) groups is 2. The van der Waals surface area contributed by atoms with E-state index in [0.717, 1.165) is 31.1 Å². The molecule has 7 nitrogen and oxygen atoms in total. The van der Waals surface area contributed by atoms with Crippen LogP contribution >= 0.6 is 11.8 Å². The van der Waals surface area contributed by atoms with Crippen LogP contribution in [0.15, 0.2) is 29.2 Å². The first kappa shape index (κ1) is 21.0. The van der Waals surface area contributed by atoms with Gasteiger partial charge in [0.1, 0.15) is 17.2 Å². The first-order valence-electron chi connectivity index (χ1n) is 10.5. The van der Waals surface area contributed by atoms with Crippen LogP contribution in [0.2, 0.25) is 0 Å². The first-order chi connectivity index (χ1) is 15.3. The minimum atomic E-state index is -0.951. The third-order valence-electron chi connectivity index (χ3n) is 6.53. The number of amides is 2. The number of aromatic nitrogens is 1. The summed E-state index contributed by atoms with van der Waals surface area (Å²) < 4.78 is 28.4. The maximum atomic E-state index is 13.8. The molecule has 1 unspecified atom stereocenters. The molecule has 5 rings (SSSR count). The highest BCUT2D eigenvalue weighted by Crippen LogP contribution is 2.44. The molecule has 1 saturated carbocycles. The van der Waals surface area contributed by atoms with Crippen LogP contribution < -0.4 is 10.7 Å². The third-order valence-corrected chi connectivity index (χ3v) is 7.92. The number of fused-ring (bicyclic) bond motifs is 4. The Morgan fingerprint density at radius 3 is 2.84 bits per heavy atom. The van der Waals surface area contributed by atoms with Crippen LogP contribution in [0.1, 0.15) is 45.7 Å². The fourth-order valence-corrected chi connectivity index (χ4v) is 6.47. The van der Waals surface area contributed by atoms with Crippen LogP contribution in [0, 0.1) is 17.6 Å². The van der Waals surface area contributed by atoms with Gasteiger partial charge in [0.05, 0.1) is 11.9 Å². The number of carbonyl (C=O) groups excluding carboxylic acids is 2. The average Bonchev–Trinajstić information content (AvgIpc) is 3.24. The van der Waals surface area contributed by atoms with Crippen molar-refractivity contribution in [2.75, 3.05) is 5.75 Å². The number of rotatable bonds is 3. The maximum absolute atomic E-state index is 13.8. The van der Waals surface area contributed by atoms with Gasteiger partial charge in [-0.3, -0.25) is 14.4 Å². The van der Waals surface area contributed by atoms with E-state index in [4.69, 9.17) is 0 Å². The number of thioether (sulfide) groups is 1. The van der Waals surface area contributed by atoms with Crippen LogP contribution in [-0.4, -0.2) is 43.6 Å². The summed E-state index contributed by atoms with van der Waals surface area (Å²) in [4.78, 5) is 40.4. The van der Waals surface area contributed by atoms with Crippen molar-refractivity contribution < 1.29 is 23.5 Å². The Balaban J connectivity index is 1.43. The van der Waals surface area contributed by atoms with Gasteiger partial charge in [-0.25, -0.2) is 8.78 Å².